The molecule has 146 valence electrons. The van der Waals surface area contributed by atoms with Crippen LogP contribution in [0.1, 0.15) is 18.9 Å². The van der Waals surface area contributed by atoms with Crippen LogP contribution in [-0.4, -0.2) is 36.4 Å². The number of amides is 2. The SMILES string of the molecule is Cc1cc(N(C)CC(=O)N2c3ccccc3NC(=O)C[C@H]2C)ccc1[N+](=O)[O-]. The van der Waals surface area contributed by atoms with E-state index in [1.165, 1.54) is 6.07 Å². The Kier molecular flexibility index (Phi) is 5.30. The summed E-state index contributed by atoms with van der Waals surface area (Å²) in [6.45, 7) is 3.58. The molecule has 2 amide bonds. The lowest BCUT2D eigenvalue weighted by Gasteiger charge is -2.30. The molecule has 0 aromatic heterocycles. The third-order valence-corrected chi connectivity index (χ3v) is 4.82. The molecule has 0 radical (unpaired) electrons. The van der Waals surface area contributed by atoms with Crippen molar-refractivity contribution >= 4 is 34.6 Å². The molecule has 2 aromatic carbocycles. The fourth-order valence-electron chi connectivity index (χ4n) is 3.42. The zero-order chi connectivity index (χ0) is 20.4. The second-order valence-corrected chi connectivity index (χ2v) is 6.97. The largest absolute Gasteiger partial charge is 0.365 e. The van der Waals surface area contributed by atoms with Crippen LogP contribution in [0.4, 0.5) is 22.7 Å². The number of nitrogens with zero attached hydrogens (tertiary/aromatic N) is 3. The molecule has 0 unspecified atom stereocenters. The lowest BCUT2D eigenvalue weighted by Crippen LogP contribution is -2.44. The Morgan fingerprint density at radius 3 is 2.71 bits per heavy atom. The van der Waals surface area contributed by atoms with Crippen LogP contribution in [-0.2, 0) is 9.59 Å². The highest BCUT2D eigenvalue weighted by Crippen LogP contribution is 2.31. The minimum Gasteiger partial charge on any atom is -0.365 e. The normalized spacial score (nSPS) is 16.0. The van der Waals surface area contributed by atoms with Crippen LogP contribution in [0, 0.1) is 17.0 Å². The fourth-order valence-corrected chi connectivity index (χ4v) is 3.42. The van der Waals surface area contributed by atoms with E-state index in [4.69, 9.17) is 0 Å². The average molecular weight is 382 g/mol. The van der Waals surface area contributed by atoms with Gasteiger partial charge in [0.25, 0.3) is 5.69 Å². The molecular weight excluding hydrogens is 360 g/mol. The number of nitro groups is 1. The number of hydrogen-bond acceptors (Lipinski definition) is 5. The molecule has 0 saturated carbocycles. The number of hydrogen-bond donors (Lipinski definition) is 1. The van der Waals surface area contributed by atoms with E-state index in [-0.39, 0.29) is 36.5 Å². The quantitative estimate of drug-likeness (QED) is 0.647. The van der Waals surface area contributed by atoms with Crippen molar-refractivity contribution in [3.05, 3.63) is 58.1 Å². The molecule has 3 rings (SSSR count). The molecule has 1 heterocycles. The molecule has 8 nitrogen and oxygen atoms in total. The monoisotopic (exact) mass is 382 g/mol. The zero-order valence-electron chi connectivity index (χ0n) is 16.0. The molecule has 1 aliphatic heterocycles. The van der Waals surface area contributed by atoms with Crippen molar-refractivity contribution in [3.63, 3.8) is 0 Å². The van der Waals surface area contributed by atoms with Gasteiger partial charge in [-0.05, 0) is 38.1 Å². The van der Waals surface area contributed by atoms with Gasteiger partial charge in [-0.3, -0.25) is 19.7 Å². The molecule has 0 spiro atoms. The Morgan fingerprint density at radius 2 is 2.04 bits per heavy atom. The summed E-state index contributed by atoms with van der Waals surface area (Å²) in [7, 11) is 1.76. The second kappa shape index (κ2) is 7.67. The van der Waals surface area contributed by atoms with Crippen LogP contribution in [0.15, 0.2) is 42.5 Å². The first-order valence-electron chi connectivity index (χ1n) is 8.95. The summed E-state index contributed by atoms with van der Waals surface area (Å²) in [6, 6.07) is 11.7. The highest BCUT2D eigenvalue weighted by molar-refractivity contribution is 6.05. The maximum atomic E-state index is 13.1. The minimum absolute atomic E-state index is 0.0446. The predicted molar refractivity (Wildman–Crippen MR) is 108 cm³/mol. The predicted octanol–water partition coefficient (Wildman–Crippen LogP) is 3.10. The van der Waals surface area contributed by atoms with Gasteiger partial charge in [-0.15, -0.1) is 0 Å². The van der Waals surface area contributed by atoms with Crippen LogP contribution in [0.5, 0.6) is 0 Å². The van der Waals surface area contributed by atoms with Crippen molar-refractivity contribution in [1.29, 1.82) is 0 Å². The molecule has 0 fully saturated rings. The van der Waals surface area contributed by atoms with E-state index < -0.39 is 4.92 Å². The number of anilines is 3. The second-order valence-electron chi connectivity index (χ2n) is 6.97. The molecule has 1 aliphatic rings. The number of para-hydroxylation sites is 2. The number of nitrogens with one attached hydrogen (secondary N) is 1. The van der Waals surface area contributed by atoms with Gasteiger partial charge < -0.3 is 15.1 Å². The topological polar surface area (TPSA) is 95.8 Å². The third-order valence-electron chi connectivity index (χ3n) is 4.82. The summed E-state index contributed by atoms with van der Waals surface area (Å²) >= 11 is 0. The van der Waals surface area contributed by atoms with Crippen LogP contribution in [0.3, 0.4) is 0 Å². The number of rotatable bonds is 4. The van der Waals surface area contributed by atoms with Crippen LogP contribution in [0.2, 0.25) is 0 Å². The van der Waals surface area contributed by atoms with Gasteiger partial charge in [-0.25, -0.2) is 0 Å². The molecule has 28 heavy (non-hydrogen) atoms. The first-order chi connectivity index (χ1) is 13.3. The first kappa shape index (κ1) is 19.3. The van der Waals surface area contributed by atoms with Crippen molar-refractivity contribution in [3.8, 4) is 0 Å². The first-order valence-corrected chi connectivity index (χ1v) is 8.95. The molecule has 0 saturated heterocycles. The summed E-state index contributed by atoms with van der Waals surface area (Å²) in [4.78, 5) is 39.1. The van der Waals surface area contributed by atoms with Crippen molar-refractivity contribution in [1.82, 2.24) is 0 Å². The van der Waals surface area contributed by atoms with E-state index in [1.807, 2.05) is 25.1 Å². The van der Waals surface area contributed by atoms with Gasteiger partial charge in [0.1, 0.15) is 0 Å². The smallest absolute Gasteiger partial charge is 0.272 e. The number of likely N-dealkylation sites (N-methyl/N-ethyl adjacent to an activating group) is 1. The molecule has 0 bridgehead atoms. The van der Waals surface area contributed by atoms with Gasteiger partial charge >= 0.3 is 0 Å². The lowest BCUT2D eigenvalue weighted by molar-refractivity contribution is -0.385. The number of aryl methyl sites for hydroxylation is 1. The molecule has 8 heteroatoms. The van der Waals surface area contributed by atoms with E-state index >= 15 is 0 Å². The van der Waals surface area contributed by atoms with Gasteiger partial charge in [0.05, 0.1) is 22.8 Å². The van der Waals surface area contributed by atoms with Gasteiger partial charge in [-0.1, -0.05) is 12.1 Å². The number of nitro benzene ring substituents is 1. The Hall–Kier alpha value is -3.42. The van der Waals surface area contributed by atoms with Crippen molar-refractivity contribution < 1.29 is 14.5 Å². The molecule has 0 aliphatic carbocycles. The Bertz CT molecular complexity index is 944. The highest BCUT2D eigenvalue weighted by atomic mass is 16.6. The van der Waals surface area contributed by atoms with E-state index in [0.717, 1.165) is 0 Å². The van der Waals surface area contributed by atoms with Gasteiger partial charge in [0.2, 0.25) is 11.8 Å². The molecule has 1 atom stereocenters. The van der Waals surface area contributed by atoms with Crippen molar-refractivity contribution in [2.45, 2.75) is 26.3 Å². The van der Waals surface area contributed by atoms with Crippen LogP contribution in [0.25, 0.3) is 0 Å². The molecule has 2 aromatic rings. The zero-order valence-corrected chi connectivity index (χ0v) is 16.0. The summed E-state index contributed by atoms with van der Waals surface area (Å²) in [6.07, 6.45) is 0.209. The summed E-state index contributed by atoms with van der Waals surface area (Å²) in [5.74, 6) is -0.287. The number of carbonyl (C=O) groups excluding carboxylic acids is 2. The maximum absolute atomic E-state index is 13.1. The average Bonchev–Trinajstić information content (AvgIpc) is 2.75. The van der Waals surface area contributed by atoms with E-state index in [9.17, 15) is 19.7 Å². The Labute approximate surface area is 162 Å². The molecular formula is C20H22N4O4. The van der Waals surface area contributed by atoms with E-state index in [2.05, 4.69) is 5.32 Å². The Morgan fingerprint density at radius 1 is 1.32 bits per heavy atom. The minimum atomic E-state index is -0.426. The summed E-state index contributed by atoms with van der Waals surface area (Å²) < 4.78 is 0. The van der Waals surface area contributed by atoms with E-state index in [1.54, 1.807) is 42.0 Å². The summed E-state index contributed by atoms with van der Waals surface area (Å²) in [5.41, 5.74) is 2.56. The number of fused-ring (bicyclic) bond motifs is 1. The lowest BCUT2D eigenvalue weighted by atomic mass is 10.1. The maximum Gasteiger partial charge on any atom is 0.272 e. The Balaban J connectivity index is 1.85. The van der Waals surface area contributed by atoms with E-state index in [0.29, 0.717) is 22.6 Å². The van der Waals surface area contributed by atoms with Gasteiger partial charge in [-0.2, -0.15) is 0 Å². The number of carbonyl (C=O) groups is 2. The number of benzene rings is 2. The van der Waals surface area contributed by atoms with Crippen LogP contribution >= 0.6 is 0 Å². The van der Waals surface area contributed by atoms with Gasteiger partial charge in [0, 0.05) is 36.8 Å². The summed E-state index contributed by atoms with van der Waals surface area (Å²) in [5, 5.41) is 13.8. The van der Waals surface area contributed by atoms with Gasteiger partial charge in [0.15, 0.2) is 0 Å². The van der Waals surface area contributed by atoms with Crippen molar-refractivity contribution in [2.75, 3.05) is 28.7 Å². The fraction of sp³-hybridized carbons (Fsp3) is 0.300. The standard InChI is InChI=1S/C20H22N4O4/c1-13-10-15(8-9-17(13)24(27)28)22(3)12-20(26)23-14(2)11-19(25)21-16-6-4-5-7-18(16)23/h4-10,14H,11-12H2,1-3H3,(H,21,25)/t14-/m1/s1. The van der Waals surface area contributed by atoms with Crippen LogP contribution < -0.4 is 15.1 Å². The van der Waals surface area contributed by atoms with Crippen molar-refractivity contribution in [2.24, 2.45) is 0 Å². The third kappa shape index (κ3) is 3.80. The highest BCUT2D eigenvalue weighted by Gasteiger charge is 2.30. The molecule has 1 N–H and O–H groups in total.